The van der Waals surface area contributed by atoms with E-state index in [1.807, 2.05) is 24.3 Å². The minimum absolute atomic E-state index is 0.0449. The summed E-state index contributed by atoms with van der Waals surface area (Å²) in [5, 5.41) is 5.63. The van der Waals surface area contributed by atoms with E-state index in [2.05, 4.69) is 31.4 Å². The van der Waals surface area contributed by atoms with Crippen molar-refractivity contribution in [2.75, 3.05) is 17.2 Å². The van der Waals surface area contributed by atoms with Gasteiger partial charge in [0.05, 0.1) is 0 Å². The van der Waals surface area contributed by atoms with Gasteiger partial charge < -0.3 is 15.5 Å². The fourth-order valence-electron chi connectivity index (χ4n) is 3.29. The third-order valence-electron chi connectivity index (χ3n) is 4.93. The van der Waals surface area contributed by atoms with Crippen LogP contribution in [0, 0.1) is 5.82 Å². The first-order valence-electron chi connectivity index (χ1n) is 9.48. The molecule has 0 saturated carbocycles. The normalized spacial score (nSPS) is 16.7. The monoisotopic (exact) mass is 383 g/mol. The number of hydrogen-bond donors (Lipinski definition) is 2. The highest BCUT2D eigenvalue weighted by atomic mass is 19.1. The molecule has 0 spiro atoms. The van der Waals surface area contributed by atoms with Crippen LogP contribution in [-0.2, 0) is 10.2 Å². The van der Waals surface area contributed by atoms with Crippen LogP contribution in [0.15, 0.2) is 48.5 Å². The van der Waals surface area contributed by atoms with E-state index in [0.29, 0.717) is 24.3 Å². The molecule has 0 aliphatic carbocycles. The Kier molecular flexibility index (Phi) is 5.68. The second-order valence-corrected chi connectivity index (χ2v) is 8.11. The van der Waals surface area contributed by atoms with Crippen LogP contribution in [-0.4, -0.2) is 29.4 Å². The van der Waals surface area contributed by atoms with Gasteiger partial charge in [-0.2, -0.15) is 0 Å². The molecule has 0 aromatic heterocycles. The molecule has 0 radical (unpaired) electrons. The third kappa shape index (κ3) is 4.68. The molecule has 0 bridgehead atoms. The second-order valence-electron chi connectivity index (χ2n) is 8.11. The lowest BCUT2D eigenvalue weighted by Gasteiger charge is -2.24. The molecular formula is C22H26FN3O2. The number of amides is 3. The Bertz CT molecular complexity index is 842. The molecule has 1 aliphatic heterocycles. The van der Waals surface area contributed by atoms with E-state index in [1.165, 1.54) is 34.7 Å². The molecule has 1 aliphatic rings. The molecule has 28 heavy (non-hydrogen) atoms. The van der Waals surface area contributed by atoms with Gasteiger partial charge in [0.15, 0.2) is 0 Å². The number of benzene rings is 2. The summed E-state index contributed by atoms with van der Waals surface area (Å²) in [5.74, 6) is -0.566. The summed E-state index contributed by atoms with van der Waals surface area (Å²) in [5.41, 5.74) is 2.44. The highest BCUT2D eigenvalue weighted by Gasteiger charge is 2.34. The molecule has 0 unspecified atom stereocenters. The number of carbonyl (C=O) groups is 2. The Hall–Kier alpha value is -2.89. The zero-order chi connectivity index (χ0) is 20.3. The molecule has 1 atom stereocenters. The van der Waals surface area contributed by atoms with E-state index in [4.69, 9.17) is 0 Å². The number of halogens is 1. The minimum atomic E-state index is -0.525. The van der Waals surface area contributed by atoms with Gasteiger partial charge in [-0.25, -0.2) is 9.18 Å². The van der Waals surface area contributed by atoms with Gasteiger partial charge in [0.25, 0.3) is 0 Å². The Morgan fingerprint density at radius 3 is 2.14 bits per heavy atom. The van der Waals surface area contributed by atoms with Crippen LogP contribution in [0.25, 0.3) is 0 Å². The number of anilines is 2. The molecule has 1 fully saturated rings. The summed E-state index contributed by atoms with van der Waals surface area (Å²) in [4.78, 5) is 26.8. The highest BCUT2D eigenvalue weighted by Crippen LogP contribution is 2.25. The predicted octanol–water partition coefficient (Wildman–Crippen LogP) is 4.76. The zero-order valence-corrected chi connectivity index (χ0v) is 16.5. The fraction of sp³-hybridized carbons (Fsp3) is 0.364. The summed E-state index contributed by atoms with van der Waals surface area (Å²) in [7, 11) is 0. The smallest absolute Gasteiger partial charge is 0.322 e. The van der Waals surface area contributed by atoms with Gasteiger partial charge in [-0.05, 0) is 60.2 Å². The SMILES string of the molecule is CC(C)(C)c1ccc(NC(=O)[C@@H]2CCCN2C(=O)Nc2ccc(F)cc2)cc1. The number of urea groups is 1. The van der Waals surface area contributed by atoms with E-state index >= 15 is 0 Å². The maximum atomic E-state index is 13.0. The summed E-state index contributed by atoms with van der Waals surface area (Å²) < 4.78 is 13.0. The molecule has 5 nitrogen and oxygen atoms in total. The van der Waals surface area contributed by atoms with Crippen molar-refractivity contribution in [3.8, 4) is 0 Å². The lowest BCUT2D eigenvalue weighted by molar-refractivity contribution is -0.119. The number of rotatable bonds is 3. The topological polar surface area (TPSA) is 61.4 Å². The molecular weight excluding hydrogens is 357 g/mol. The van der Waals surface area contributed by atoms with Crippen molar-refractivity contribution in [2.24, 2.45) is 0 Å². The van der Waals surface area contributed by atoms with Crippen LogP contribution in [0.1, 0.15) is 39.2 Å². The van der Waals surface area contributed by atoms with Gasteiger partial charge in [0.2, 0.25) is 5.91 Å². The Morgan fingerprint density at radius 2 is 1.54 bits per heavy atom. The molecule has 6 heteroatoms. The average Bonchev–Trinajstić information content (AvgIpc) is 3.13. The Labute approximate surface area is 164 Å². The highest BCUT2D eigenvalue weighted by molar-refractivity contribution is 5.99. The van der Waals surface area contributed by atoms with Crippen molar-refractivity contribution >= 4 is 23.3 Å². The van der Waals surface area contributed by atoms with Crippen molar-refractivity contribution in [3.63, 3.8) is 0 Å². The molecule has 2 aromatic rings. The first-order chi connectivity index (χ1) is 13.2. The first-order valence-corrected chi connectivity index (χ1v) is 9.48. The van der Waals surface area contributed by atoms with Crippen molar-refractivity contribution in [1.82, 2.24) is 4.90 Å². The first kappa shape index (κ1) is 19.9. The summed E-state index contributed by atoms with van der Waals surface area (Å²) in [6.45, 7) is 6.91. The number of likely N-dealkylation sites (tertiary alicyclic amines) is 1. The van der Waals surface area contributed by atoms with Crippen LogP contribution in [0.5, 0.6) is 0 Å². The average molecular weight is 383 g/mol. The maximum absolute atomic E-state index is 13.0. The Balaban J connectivity index is 1.64. The second kappa shape index (κ2) is 8.00. The maximum Gasteiger partial charge on any atom is 0.322 e. The van der Waals surface area contributed by atoms with Gasteiger partial charge in [0.1, 0.15) is 11.9 Å². The molecule has 1 saturated heterocycles. The van der Waals surface area contributed by atoms with Crippen molar-refractivity contribution < 1.29 is 14.0 Å². The zero-order valence-electron chi connectivity index (χ0n) is 16.5. The van der Waals surface area contributed by atoms with Crippen LogP contribution >= 0.6 is 0 Å². The van der Waals surface area contributed by atoms with Gasteiger partial charge in [0, 0.05) is 17.9 Å². The molecule has 3 amide bonds. The van der Waals surface area contributed by atoms with E-state index < -0.39 is 6.04 Å². The molecule has 2 N–H and O–H groups in total. The quantitative estimate of drug-likeness (QED) is 0.803. The number of carbonyl (C=O) groups excluding carboxylic acids is 2. The van der Waals surface area contributed by atoms with Crippen LogP contribution in [0.2, 0.25) is 0 Å². The molecule has 2 aromatic carbocycles. The summed E-state index contributed by atoms with van der Waals surface area (Å²) in [6, 6.07) is 12.5. The largest absolute Gasteiger partial charge is 0.324 e. The van der Waals surface area contributed by atoms with E-state index in [1.54, 1.807) is 0 Å². The van der Waals surface area contributed by atoms with E-state index in [-0.39, 0.29) is 23.2 Å². The van der Waals surface area contributed by atoms with Gasteiger partial charge in [-0.3, -0.25) is 4.79 Å². The number of nitrogens with one attached hydrogen (secondary N) is 2. The molecule has 148 valence electrons. The summed E-state index contributed by atoms with van der Waals surface area (Å²) in [6.07, 6.45) is 1.38. The predicted molar refractivity (Wildman–Crippen MR) is 109 cm³/mol. The number of nitrogens with zero attached hydrogens (tertiary/aromatic N) is 1. The van der Waals surface area contributed by atoms with Crippen molar-refractivity contribution in [2.45, 2.75) is 45.1 Å². The Morgan fingerprint density at radius 1 is 0.964 bits per heavy atom. The van der Waals surface area contributed by atoms with E-state index in [0.717, 1.165) is 6.42 Å². The standard InChI is InChI=1S/C22H26FN3O2/c1-22(2,3)15-6-10-17(11-7-15)24-20(27)19-5-4-14-26(19)21(28)25-18-12-8-16(23)9-13-18/h6-13,19H,4-5,14H2,1-3H3,(H,24,27)(H,25,28)/t19-/m0/s1. The van der Waals surface area contributed by atoms with Gasteiger partial charge >= 0.3 is 6.03 Å². The van der Waals surface area contributed by atoms with Gasteiger partial charge in [-0.15, -0.1) is 0 Å². The molecule has 3 rings (SSSR count). The third-order valence-corrected chi connectivity index (χ3v) is 4.93. The molecule has 1 heterocycles. The van der Waals surface area contributed by atoms with Crippen molar-refractivity contribution in [3.05, 3.63) is 59.9 Å². The lowest BCUT2D eigenvalue weighted by atomic mass is 9.87. The van der Waals surface area contributed by atoms with Crippen molar-refractivity contribution in [1.29, 1.82) is 0 Å². The van der Waals surface area contributed by atoms with Crippen LogP contribution in [0.3, 0.4) is 0 Å². The van der Waals surface area contributed by atoms with Gasteiger partial charge in [-0.1, -0.05) is 32.9 Å². The minimum Gasteiger partial charge on any atom is -0.324 e. The summed E-state index contributed by atoms with van der Waals surface area (Å²) >= 11 is 0. The van der Waals surface area contributed by atoms with Crippen LogP contribution < -0.4 is 10.6 Å². The lowest BCUT2D eigenvalue weighted by Crippen LogP contribution is -2.45. The fourth-order valence-corrected chi connectivity index (χ4v) is 3.29. The van der Waals surface area contributed by atoms with Crippen LogP contribution in [0.4, 0.5) is 20.6 Å². The van der Waals surface area contributed by atoms with E-state index in [9.17, 15) is 14.0 Å². The number of hydrogen-bond acceptors (Lipinski definition) is 2.